The third-order valence-electron chi connectivity index (χ3n) is 3.25. The Labute approximate surface area is 142 Å². The second kappa shape index (κ2) is 12.1. The number of alkyl carbamates (subject to hydrolysis) is 1. The summed E-state index contributed by atoms with van der Waals surface area (Å²) in [5.74, 6) is -0.979. The standard InChI is InChI=1S/C18H25NO5/c1-2-3-11-16(20)24-17(21)12-7-8-13-19-18(22)23-14-15-9-5-4-6-10-15/h4-6,9-10H,2-3,7-8,11-14H2,1H3,(H,19,22). The smallest absolute Gasteiger partial charge is 0.407 e. The topological polar surface area (TPSA) is 81.7 Å². The minimum absolute atomic E-state index is 0.165. The number of esters is 2. The first kappa shape index (κ1) is 19.7. The molecule has 0 radical (unpaired) electrons. The van der Waals surface area contributed by atoms with Crippen molar-refractivity contribution >= 4 is 18.0 Å². The number of benzene rings is 1. The van der Waals surface area contributed by atoms with Gasteiger partial charge in [-0.2, -0.15) is 0 Å². The average molecular weight is 335 g/mol. The van der Waals surface area contributed by atoms with Gasteiger partial charge in [0.1, 0.15) is 6.61 Å². The molecular formula is C18H25NO5. The molecule has 24 heavy (non-hydrogen) atoms. The minimum atomic E-state index is -0.511. The zero-order chi connectivity index (χ0) is 17.6. The third-order valence-corrected chi connectivity index (χ3v) is 3.25. The van der Waals surface area contributed by atoms with Crippen LogP contribution in [-0.2, 0) is 25.7 Å². The molecular weight excluding hydrogens is 310 g/mol. The predicted molar refractivity (Wildman–Crippen MR) is 89.1 cm³/mol. The second-order valence-electron chi connectivity index (χ2n) is 5.40. The lowest BCUT2D eigenvalue weighted by Gasteiger charge is -2.07. The molecule has 0 spiro atoms. The molecule has 0 aromatic heterocycles. The van der Waals surface area contributed by atoms with Crippen molar-refractivity contribution in [2.75, 3.05) is 6.54 Å². The first-order valence-corrected chi connectivity index (χ1v) is 8.30. The molecule has 0 fully saturated rings. The summed E-state index contributed by atoms with van der Waals surface area (Å²) in [4.78, 5) is 34.2. The van der Waals surface area contributed by atoms with Gasteiger partial charge < -0.3 is 14.8 Å². The van der Waals surface area contributed by atoms with Crippen LogP contribution in [0.2, 0.25) is 0 Å². The highest BCUT2D eigenvalue weighted by atomic mass is 16.6. The maximum Gasteiger partial charge on any atom is 0.407 e. The molecule has 132 valence electrons. The van der Waals surface area contributed by atoms with Crippen molar-refractivity contribution in [2.45, 2.75) is 52.1 Å². The van der Waals surface area contributed by atoms with Crippen molar-refractivity contribution < 1.29 is 23.9 Å². The summed E-state index contributed by atoms with van der Waals surface area (Å²) >= 11 is 0. The lowest BCUT2D eigenvalue weighted by atomic mass is 10.2. The molecule has 0 aliphatic rings. The van der Waals surface area contributed by atoms with Crippen LogP contribution < -0.4 is 5.32 Å². The molecule has 0 heterocycles. The van der Waals surface area contributed by atoms with E-state index in [9.17, 15) is 14.4 Å². The quantitative estimate of drug-likeness (QED) is 0.403. The molecule has 0 unspecified atom stereocenters. The Bertz CT molecular complexity index is 515. The number of amides is 1. The highest BCUT2D eigenvalue weighted by Crippen LogP contribution is 2.02. The number of nitrogens with one attached hydrogen (secondary N) is 1. The fourth-order valence-corrected chi connectivity index (χ4v) is 1.91. The summed E-state index contributed by atoms with van der Waals surface area (Å²) in [6.07, 6.45) is 2.71. The number of carbonyl (C=O) groups excluding carboxylic acids is 3. The largest absolute Gasteiger partial charge is 0.445 e. The number of ether oxygens (including phenoxy) is 2. The third kappa shape index (κ3) is 9.61. The van der Waals surface area contributed by atoms with Crippen molar-refractivity contribution in [3.63, 3.8) is 0 Å². The molecule has 0 aliphatic carbocycles. The summed E-state index contributed by atoms with van der Waals surface area (Å²) in [6.45, 7) is 2.59. The van der Waals surface area contributed by atoms with Gasteiger partial charge in [0, 0.05) is 19.4 Å². The molecule has 6 nitrogen and oxygen atoms in total. The molecule has 1 aromatic rings. The highest BCUT2D eigenvalue weighted by molar-refractivity contribution is 5.85. The van der Waals surface area contributed by atoms with E-state index in [0.717, 1.165) is 18.4 Å². The number of carbonyl (C=O) groups is 3. The molecule has 0 saturated carbocycles. The summed E-state index contributed by atoms with van der Waals surface area (Å²) in [6, 6.07) is 9.40. The zero-order valence-electron chi connectivity index (χ0n) is 14.1. The van der Waals surface area contributed by atoms with E-state index in [1.807, 2.05) is 37.3 Å². The summed E-state index contributed by atoms with van der Waals surface area (Å²) in [5.41, 5.74) is 0.920. The summed E-state index contributed by atoms with van der Waals surface area (Å²) < 4.78 is 9.74. The van der Waals surface area contributed by atoms with E-state index < -0.39 is 18.0 Å². The predicted octanol–water partition coefficient (Wildman–Crippen LogP) is 3.34. The molecule has 1 rings (SSSR count). The molecule has 6 heteroatoms. The van der Waals surface area contributed by atoms with Crippen molar-refractivity contribution in [1.82, 2.24) is 5.32 Å². The van der Waals surface area contributed by atoms with Crippen molar-refractivity contribution in [3.05, 3.63) is 35.9 Å². The fraction of sp³-hybridized carbons (Fsp3) is 0.500. The SMILES string of the molecule is CCCCC(=O)OC(=O)CCCCNC(=O)OCc1ccccc1. The second-order valence-corrected chi connectivity index (χ2v) is 5.40. The Morgan fingerprint density at radius 2 is 1.62 bits per heavy atom. The molecule has 0 atom stereocenters. The fourth-order valence-electron chi connectivity index (χ4n) is 1.91. The maximum atomic E-state index is 11.5. The van der Waals surface area contributed by atoms with Gasteiger partial charge in [0.15, 0.2) is 0 Å². The van der Waals surface area contributed by atoms with Crippen molar-refractivity contribution in [1.29, 1.82) is 0 Å². The van der Waals surface area contributed by atoms with Crippen LogP contribution in [-0.4, -0.2) is 24.6 Å². The molecule has 1 N–H and O–H groups in total. The summed E-state index contributed by atoms with van der Waals surface area (Å²) in [5, 5.41) is 2.62. The van der Waals surface area contributed by atoms with E-state index in [-0.39, 0.29) is 19.4 Å². The average Bonchev–Trinajstić information content (AvgIpc) is 2.58. The maximum absolute atomic E-state index is 11.5. The normalized spacial score (nSPS) is 10.0. The number of rotatable bonds is 10. The van der Waals surface area contributed by atoms with Gasteiger partial charge in [0.05, 0.1) is 0 Å². The summed E-state index contributed by atoms with van der Waals surface area (Å²) in [7, 11) is 0. The van der Waals surface area contributed by atoms with E-state index in [4.69, 9.17) is 4.74 Å². The number of hydrogen-bond acceptors (Lipinski definition) is 5. The van der Waals surface area contributed by atoms with E-state index in [1.165, 1.54) is 0 Å². The van der Waals surface area contributed by atoms with Crippen LogP contribution in [0.5, 0.6) is 0 Å². The van der Waals surface area contributed by atoms with Gasteiger partial charge in [0.25, 0.3) is 0 Å². The van der Waals surface area contributed by atoms with Gasteiger partial charge in [-0.25, -0.2) is 4.79 Å². The number of hydrogen-bond donors (Lipinski definition) is 1. The van der Waals surface area contributed by atoms with Crippen molar-refractivity contribution in [3.8, 4) is 0 Å². The Kier molecular flexibility index (Phi) is 9.92. The van der Waals surface area contributed by atoms with Crippen LogP contribution in [0.4, 0.5) is 4.79 Å². The lowest BCUT2D eigenvalue weighted by molar-refractivity contribution is -0.159. The van der Waals surface area contributed by atoms with Gasteiger partial charge >= 0.3 is 18.0 Å². The van der Waals surface area contributed by atoms with Gasteiger partial charge in [-0.05, 0) is 24.8 Å². The van der Waals surface area contributed by atoms with Gasteiger partial charge in [-0.3, -0.25) is 9.59 Å². The van der Waals surface area contributed by atoms with Crippen LogP contribution in [0.3, 0.4) is 0 Å². The van der Waals surface area contributed by atoms with E-state index in [0.29, 0.717) is 19.4 Å². The first-order valence-electron chi connectivity index (χ1n) is 8.30. The van der Waals surface area contributed by atoms with Gasteiger partial charge in [-0.15, -0.1) is 0 Å². The van der Waals surface area contributed by atoms with Crippen LogP contribution >= 0.6 is 0 Å². The highest BCUT2D eigenvalue weighted by Gasteiger charge is 2.09. The number of unbranched alkanes of at least 4 members (excludes halogenated alkanes) is 2. The molecule has 0 bridgehead atoms. The molecule has 1 amide bonds. The Morgan fingerprint density at radius 3 is 2.29 bits per heavy atom. The van der Waals surface area contributed by atoms with Crippen LogP contribution in [0.25, 0.3) is 0 Å². The monoisotopic (exact) mass is 335 g/mol. The minimum Gasteiger partial charge on any atom is -0.445 e. The van der Waals surface area contributed by atoms with Crippen LogP contribution in [0, 0.1) is 0 Å². The molecule has 0 aliphatic heterocycles. The van der Waals surface area contributed by atoms with Gasteiger partial charge in [-0.1, -0.05) is 43.7 Å². The van der Waals surface area contributed by atoms with E-state index >= 15 is 0 Å². The molecule has 0 saturated heterocycles. The lowest BCUT2D eigenvalue weighted by Crippen LogP contribution is -2.25. The van der Waals surface area contributed by atoms with E-state index in [1.54, 1.807) is 0 Å². The molecule has 1 aromatic carbocycles. The Hall–Kier alpha value is -2.37. The van der Waals surface area contributed by atoms with Crippen LogP contribution in [0.1, 0.15) is 51.0 Å². The van der Waals surface area contributed by atoms with E-state index in [2.05, 4.69) is 10.1 Å². The van der Waals surface area contributed by atoms with Crippen molar-refractivity contribution in [2.24, 2.45) is 0 Å². The Morgan fingerprint density at radius 1 is 0.958 bits per heavy atom. The Balaban J connectivity index is 2.02. The van der Waals surface area contributed by atoms with Gasteiger partial charge in [0.2, 0.25) is 0 Å². The zero-order valence-corrected chi connectivity index (χ0v) is 14.1. The van der Waals surface area contributed by atoms with Crippen LogP contribution in [0.15, 0.2) is 30.3 Å². The first-order chi connectivity index (χ1) is 11.6.